The van der Waals surface area contributed by atoms with E-state index in [1.165, 1.54) is 23.1 Å². The maximum Gasteiger partial charge on any atom is 0.0896 e. The van der Waals surface area contributed by atoms with E-state index in [-0.39, 0.29) is 6.10 Å². The molecule has 0 bridgehead atoms. The van der Waals surface area contributed by atoms with Gasteiger partial charge in [0.05, 0.1) is 12.1 Å². The predicted molar refractivity (Wildman–Crippen MR) is 90.4 cm³/mol. The highest BCUT2D eigenvalue weighted by Crippen LogP contribution is 2.49. The summed E-state index contributed by atoms with van der Waals surface area (Å²) in [5.74, 6) is 0.461. The molecule has 0 saturated carbocycles. The number of nitrogens with one attached hydrogen (secondary N) is 1. The number of fused-ring (bicyclic) bond motifs is 3. The first kappa shape index (κ1) is 14.1. The molecular weight excluding hydrogens is 294 g/mol. The molecule has 2 aliphatic heterocycles. The highest BCUT2D eigenvalue weighted by molar-refractivity contribution is 6.30. The van der Waals surface area contributed by atoms with Crippen molar-refractivity contribution in [3.05, 3.63) is 64.2 Å². The second-order valence-electron chi connectivity index (χ2n) is 6.36. The molecule has 2 aliphatic rings. The second-order valence-corrected chi connectivity index (χ2v) is 6.80. The fraction of sp³-hybridized carbons (Fsp3) is 0.368. The van der Waals surface area contributed by atoms with Gasteiger partial charge in [0.15, 0.2) is 0 Å². The normalized spacial score (nSPS) is 26.7. The van der Waals surface area contributed by atoms with Crippen molar-refractivity contribution in [1.82, 2.24) is 0 Å². The first-order chi connectivity index (χ1) is 10.7. The van der Waals surface area contributed by atoms with E-state index in [1.807, 2.05) is 6.07 Å². The molecule has 2 aromatic rings. The summed E-state index contributed by atoms with van der Waals surface area (Å²) >= 11 is 6.20. The van der Waals surface area contributed by atoms with E-state index in [9.17, 15) is 0 Å². The number of rotatable bonds is 1. The van der Waals surface area contributed by atoms with Gasteiger partial charge in [0.1, 0.15) is 0 Å². The van der Waals surface area contributed by atoms with Crippen LogP contribution in [0, 0.1) is 12.8 Å². The first-order valence-electron chi connectivity index (χ1n) is 7.96. The van der Waals surface area contributed by atoms with Crippen LogP contribution >= 0.6 is 11.6 Å². The molecule has 3 heteroatoms. The second kappa shape index (κ2) is 5.60. The van der Waals surface area contributed by atoms with Crippen LogP contribution in [-0.4, -0.2) is 6.61 Å². The summed E-state index contributed by atoms with van der Waals surface area (Å²) in [6.07, 6.45) is 2.46. The number of anilines is 1. The van der Waals surface area contributed by atoms with Gasteiger partial charge in [0, 0.05) is 28.8 Å². The Labute approximate surface area is 136 Å². The molecule has 0 radical (unpaired) electrons. The Balaban J connectivity index is 1.77. The average Bonchev–Trinajstić information content (AvgIpc) is 2.55. The number of halogens is 1. The minimum absolute atomic E-state index is 0.148. The smallest absolute Gasteiger partial charge is 0.0896 e. The molecule has 0 spiro atoms. The maximum absolute atomic E-state index is 6.20. The number of ether oxygens (including phenoxy) is 1. The summed E-state index contributed by atoms with van der Waals surface area (Å²) in [4.78, 5) is 0. The highest BCUT2D eigenvalue weighted by Gasteiger charge is 2.39. The highest BCUT2D eigenvalue weighted by atomic mass is 35.5. The predicted octanol–water partition coefficient (Wildman–Crippen LogP) is 5.28. The molecule has 2 aromatic carbocycles. The molecule has 3 atom stereocenters. The van der Waals surface area contributed by atoms with Crippen molar-refractivity contribution < 1.29 is 4.74 Å². The number of hydrogen-bond donors (Lipinski definition) is 1. The number of aryl methyl sites for hydroxylation is 1. The Morgan fingerprint density at radius 3 is 2.77 bits per heavy atom. The number of hydrogen-bond acceptors (Lipinski definition) is 2. The lowest BCUT2D eigenvalue weighted by molar-refractivity contribution is -0.0381. The van der Waals surface area contributed by atoms with Crippen LogP contribution in [0.25, 0.3) is 0 Å². The molecule has 22 heavy (non-hydrogen) atoms. The van der Waals surface area contributed by atoms with E-state index >= 15 is 0 Å². The van der Waals surface area contributed by atoms with Crippen LogP contribution in [-0.2, 0) is 4.74 Å². The SMILES string of the molecule is Cc1ccc([C@@H]2Nc3ccc(Cl)cc3[C@@H]3OCCC[C@H]23)cc1. The molecule has 0 amide bonds. The third kappa shape index (κ3) is 2.41. The minimum Gasteiger partial charge on any atom is -0.378 e. The zero-order valence-electron chi connectivity index (χ0n) is 12.7. The average molecular weight is 314 g/mol. The Hall–Kier alpha value is -1.51. The first-order valence-corrected chi connectivity index (χ1v) is 8.34. The Kier molecular flexibility index (Phi) is 3.59. The number of benzene rings is 2. The van der Waals surface area contributed by atoms with E-state index in [4.69, 9.17) is 16.3 Å². The lowest BCUT2D eigenvalue weighted by atomic mass is 9.77. The van der Waals surface area contributed by atoms with Crippen molar-refractivity contribution in [1.29, 1.82) is 0 Å². The largest absolute Gasteiger partial charge is 0.378 e. The zero-order valence-corrected chi connectivity index (χ0v) is 13.4. The molecule has 0 aliphatic carbocycles. The van der Waals surface area contributed by atoms with Gasteiger partial charge < -0.3 is 10.1 Å². The standard InChI is InChI=1S/C19H20ClNO/c1-12-4-6-13(7-5-12)18-15-3-2-10-22-19(15)16-11-14(20)8-9-17(16)21-18/h4-9,11,15,18-19,21H,2-3,10H2,1H3/t15-,18+,19-/m1/s1. The molecule has 1 N–H and O–H groups in total. The third-order valence-electron chi connectivity index (χ3n) is 4.86. The van der Waals surface area contributed by atoms with Crippen molar-refractivity contribution in [2.75, 3.05) is 11.9 Å². The molecule has 0 unspecified atom stereocenters. The van der Waals surface area contributed by atoms with Gasteiger partial charge in [-0.1, -0.05) is 41.4 Å². The quantitative estimate of drug-likeness (QED) is 0.773. The fourth-order valence-electron chi connectivity index (χ4n) is 3.75. The molecular formula is C19H20ClNO. The van der Waals surface area contributed by atoms with Crippen molar-refractivity contribution in [3.63, 3.8) is 0 Å². The van der Waals surface area contributed by atoms with Crippen molar-refractivity contribution >= 4 is 17.3 Å². The van der Waals surface area contributed by atoms with Crippen LogP contribution < -0.4 is 5.32 Å². The van der Waals surface area contributed by atoms with Crippen LogP contribution in [0.5, 0.6) is 0 Å². The van der Waals surface area contributed by atoms with Gasteiger partial charge in [0.25, 0.3) is 0 Å². The molecule has 114 valence electrons. The maximum atomic E-state index is 6.20. The van der Waals surface area contributed by atoms with Gasteiger partial charge in [-0.05, 0) is 43.5 Å². The van der Waals surface area contributed by atoms with E-state index in [2.05, 4.69) is 48.6 Å². The van der Waals surface area contributed by atoms with Gasteiger partial charge in [-0.25, -0.2) is 0 Å². The molecule has 2 heterocycles. The van der Waals surface area contributed by atoms with Gasteiger partial charge in [-0.15, -0.1) is 0 Å². The van der Waals surface area contributed by atoms with E-state index in [1.54, 1.807) is 0 Å². The lowest BCUT2D eigenvalue weighted by Gasteiger charge is -2.43. The molecule has 0 aromatic heterocycles. The molecule has 4 rings (SSSR count). The Bertz CT molecular complexity index is 682. The van der Waals surface area contributed by atoms with Crippen LogP contribution in [0.3, 0.4) is 0 Å². The minimum atomic E-state index is 0.148. The summed E-state index contributed by atoms with van der Waals surface area (Å²) in [5.41, 5.74) is 4.99. The van der Waals surface area contributed by atoms with Crippen LogP contribution in [0.1, 0.15) is 41.7 Å². The summed E-state index contributed by atoms with van der Waals surface area (Å²) in [6.45, 7) is 2.97. The van der Waals surface area contributed by atoms with Gasteiger partial charge >= 0.3 is 0 Å². The van der Waals surface area contributed by atoms with Crippen LogP contribution in [0.4, 0.5) is 5.69 Å². The third-order valence-corrected chi connectivity index (χ3v) is 5.10. The monoisotopic (exact) mass is 313 g/mol. The van der Waals surface area contributed by atoms with Gasteiger partial charge in [0.2, 0.25) is 0 Å². The topological polar surface area (TPSA) is 21.3 Å². The zero-order chi connectivity index (χ0) is 15.1. The van der Waals surface area contributed by atoms with E-state index < -0.39 is 0 Å². The molecule has 2 nitrogen and oxygen atoms in total. The summed E-state index contributed by atoms with van der Waals surface area (Å²) < 4.78 is 6.14. The summed E-state index contributed by atoms with van der Waals surface area (Å²) in [5, 5.41) is 4.50. The van der Waals surface area contributed by atoms with Crippen molar-refractivity contribution in [3.8, 4) is 0 Å². The van der Waals surface area contributed by atoms with Crippen LogP contribution in [0.2, 0.25) is 5.02 Å². The summed E-state index contributed by atoms with van der Waals surface area (Å²) in [6, 6.07) is 15.2. The fourth-order valence-corrected chi connectivity index (χ4v) is 3.93. The van der Waals surface area contributed by atoms with E-state index in [0.29, 0.717) is 12.0 Å². The van der Waals surface area contributed by atoms with Crippen LogP contribution in [0.15, 0.2) is 42.5 Å². The van der Waals surface area contributed by atoms with Crippen molar-refractivity contribution in [2.24, 2.45) is 5.92 Å². The van der Waals surface area contributed by atoms with Gasteiger partial charge in [-0.2, -0.15) is 0 Å². The molecule has 1 saturated heterocycles. The lowest BCUT2D eigenvalue weighted by Crippen LogP contribution is -2.35. The van der Waals surface area contributed by atoms with Gasteiger partial charge in [-0.3, -0.25) is 0 Å². The van der Waals surface area contributed by atoms with E-state index in [0.717, 1.165) is 23.7 Å². The van der Waals surface area contributed by atoms with Crippen molar-refractivity contribution in [2.45, 2.75) is 31.9 Å². The summed E-state index contributed by atoms with van der Waals surface area (Å²) in [7, 11) is 0. The Morgan fingerprint density at radius 1 is 1.14 bits per heavy atom. The Morgan fingerprint density at radius 2 is 1.95 bits per heavy atom. The molecule has 1 fully saturated rings.